The summed E-state index contributed by atoms with van der Waals surface area (Å²) in [6, 6.07) is 5.83. The molecular formula is C19H20N4O5. The van der Waals surface area contributed by atoms with Crippen LogP contribution < -0.4 is 10.6 Å². The van der Waals surface area contributed by atoms with Crippen molar-refractivity contribution < 1.29 is 23.9 Å². The van der Waals surface area contributed by atoms with E-state index in [9.17, 15) is 19.2 Å². The molecule has 146 valence electrons. The molecule has 9 heteroatoms. The lowest BCUT2D eigenvalue weighted by Gasteiger charge is -2.22. The number of aromatic amines is 1. The Balaban J connectivity index is 1.94. The van der Waals surface area contributed by atoms with Gasteiger partial charge in [-0.1, -0.05) is 25.1 Å². The number of carbonyl (C=O) groups excluding carboxylic acids is 4. The molecule has 0 radical (unpaired) electrons. The van der Waals surface area contributed by atoms with E-state index in [2.05, 4.69) is 9.98 Å². The highest BCUT2D eigenvalue weighted by Crippen LogP contribution is 2.21. The van der Waals surface area contributed by atoms with Gasteiger partial charge in [0.2, 0.25) is 11.8 Å². The number of aliphatic imine (C=N–C) groups is 1. The van der Waals surface area contributed by atoms with Gasteiger partial charge in [-0.3, -0.25) is 25.2 Å². The Labute approximate surface area is 160 Å². The molecule has 3 rings (SSSR count). The Kier molecular flexibility index (Phi) is 5.53. The monoisotopic (exact) mass is 384 g/mol. The number of methoxy groups -OCH3 is 1. The van der Waals surface area contributed by atoms with E-state index in [1.54, 1.807) is 13.1 Å². The highest BCUT2D eigenvalue weighted by Gasteiger charge is 2.38. The SMILES string of the molecule is CCC(=N[C@@H](Cc1c[nH]c2ccccc12)C(=O)OC)C1C(=O)NC(=O)NC1=O. The standard InChI is InChI=1S/C19H20N4O5/c1-3-12(15-16(24)22-19(27)23-17(15)25)21-14(18(26)28-2)8-10-9-20-13-7-5-4-6-11(10)13/h4-7,9,14-15,20H,3,8H2,1-2H3,(H2,22,23,24,25,27)/t14-/m0/s1. The number of esters is 1. The molecule has 2 aromatic rings. The van der Waals surface area contributed by atoms with Gasteiger partial charge in [-0.05, 0) is 18.1 Å². The number of amides is 4. The molecule has 0 unspecified atom stereocenters. The Morgan fingerprint density at radius 2 is 1.86 bits per heavy atom. The fourth-order valence-corrected chi connectivity index (χ4v) is 3.22. The maximum atomic E-state index is 12.3. The molecule has 1 aromatic heterocycles. The number of H-pyrrole nitrogens is 1. The third-order valence-corrected chi connectivity index (χ3v) is 4.58. The summed E-state index contributed by atoms with van der Waals surface area (Å²) in [6.07, 6.45) is 2.27. The number of fused-ring (bicyclic) bond motifs is 1. The normalized spacial score (nSPS) is 16.6. The number of benzene rings is 1. The summed E-state index contributed by atoms with van der Waals surface area (Å²) in [5, 5.41) is 5.05. The lowest BCUT2D eigenvalue weighted by Crippen LogP contribution is -2.58. The second kappa shape index (κ2) is 8.03. The molecule has 0 aliphatic carbocycles. The number of nitrogens with zero attached hydrogens (tertiary/aromatic N) is 1. The molecule has 1 aromatic carbocycles. The molecule has 2 heterocycles. The second-order valence-corrected chi connectivity index (χ2v) is 6.32. The van der Waals surface area contributed by atoms with E-state index in [-0.39, 0.29) is 18.6 Å². The zero-order chi connectivity index (χ0) is 20.3. The average molecular weight is 384 g/mol. The van der Waals surface area contributed by atoms with Crippen LogP contribution in [0.2, 0.25) is 0 Å². The van der Waals surface area contributed by atoms with Gasteiger partial charge in [0, 0.05) is 29.2 Å². The smallest absolute Gasteiger partial charge is 0.330 e. The number of aromatic nitrogens is 1. The van der Waals surface area contributed by atoms with Crippen molar-refractivity contribution in [3.05, 3.63) is 36.0 Å². The number of carbonyl (C=O) groups is 4. The van der Waals surface area contributed by atoms with Crippen molar-refractivity contribution in [2.24, 2.45) is 10.9 Å². The fraction of sp³-hybridized carbons (Fsp3) is 0.316. The van der Waals surface area contributed by atoms with Gasteiger partial charge in [-0.25, -0.2) is 9.59 Å². The van der Waals surface area contributed by atoms with Crippen molar-refractivity contribution >= 4 is 40.4 Å². The topological polar surface area (TPSA) is 130 Å². The van der Waals surface area contributed by atoms with Crippen molar-refractivity contribution in [1.82, 2.24) is 15.6 Å². The summed E-state index contributed by atoms with van der Waals surface area (Å²) in [5.74, 6) is -3.36. The minimum absolute atomic E-state index is 0.206. The van der Waals surface area contributed by atoms with Crippen LogP contribution in [0.1, 0.15) is 18.9 Å². The molecule has 1 fully saturated rings. The van der Waals surface area contributed by atoms with Gasteiger partial charge in [-0.15, -0.1) is 0 Å². The summed E-state index contributed by atoms with van der Waals surface area (Å²) in [6.45, 7) is 1.72. The molecule has 4 amide bonds. The Hall–Kier alpha value is -3.49. The minimum Gasteiger partial charge on any atom is -0.467 e. The Morgan fingerprint density at radius 1 is 1.18 bits per heavy atom. The number of para-hydroxylation sites is 1. The van der Waals surface area contributed by atoms with Crippen LogP contribution >= 0.6 is 0 Å². The van der Waals surface area contributed by atoms with Gasteiger partial charge in [0.1, 0.15) is 0 Å². The first kappa shape index (κ1) is 19.3. The van der Waals surface area contributed by atoms with E-state index in [0.717, 1.165) is 16.5 Å². The number of rotatable bonds is 6. The highest BCUT2D eigenvalue weighted by atomic mass is 16.5. The van der Waals surface area contributed by atoms with Gasteiger partial charge in [-0.2, -0.15) is 0 Å². The first-order valence-electron chi connectivity index (χ1n) is 8.79. The molecule has 0 saturated carbocycles. The van der Waals surface area contributed by atoms with E-state index >= 15 is 0 Å². The number of hydrogen-bond acceptors (Lipinski definition) is 6. The lowest BCUT2D eigenvalue weighted by atomic mass is 9.96. The molecular weight excluding hydrogens is 364 g/mol. The van der Waals surface area contributed by atoms with Crippen LogP contribution in [0.5, 0.6) is 0 Å². The number of hydrogen-bond donors (Lipinski definition) is 3. The van der Waals surface area contributed by atoms with E-state index in [1.165, 1.54) is 7.11 Å². The zero-order valence-corrected chi connectivity index (χ0v) is 15.4. The van der Waals surface area contributed by atoms with Gasteiger partial charge in [0.05, 0.1) is 7.11 Å². The summed E-state index contributed by atoms with van der Waals surface area (Å²) >= 11 is 0. The molecule has 0 spiro atoms. The fourth-order valence-electron chi connectivity index (χ4n) is 3.22. The van der Waals surface area contributed by atoms with Gasteiger partial charge >= 0.3 is 12.0 Å². The molecule has 1 aliphatic heterocycles. The molecule has 1 saturated heterocycles. The predicted octanol–water partition coefficient (Wildman–Crippen LogP) is 1.09. The third-order valence-electron chi connectivity index (χ3n) is 4.58. The molecule has 3 N–H and O–H groups in total. The summed E-state index contributed by atoms with van der Waals surface area (Å²) in [4.78, 5) is 55.4. The second-order valence-electron chi connectivity index (χ2n) is 6.32. The Bertz CT molecular complexity index is 958. The molecule has 1 aliphatic rings. The zero-order valence-electron chi connectivity index (χ0n) is 15.4. The molecule has 28 heavy (non-hydrogen) atoms. The van der Waals surface area contributed by atoms with E-state index in [0.29, 0.717) is 0 Å². The molecule has 1 atom stereocenters. The van der Waals surface area contributed by atoms with Crippen molar-refractivity contribution in [2.45, 2.75) is 25.8 Å². The van der Waals surface area contributed by atoms with Crippen molar-refractivity contribution in [1.29, 1.82) is 0 Å². The van der Waals surface area contributed by atoms with Crippen LogP contribution in [0.3, 0.4) is 0 Å². The maximum absolute atomic E-state index is 12.3. The van der Waals surface area contributed by atoms with Gasteiger partial charge < -0.3 is 9.72 Å². The van der Waals surface area contributed by atoms with Crippen molar-refractivity contribution in [3.63, 3.8) is 0 Å². The summed E-state index contributed by atoms with van der Waals surface area (Å²) in [7, 11) is 1.25. The third kappa shape index (κ3) is 3.78. The number of nitrogens with one attached hydrogen (secondary N) is 3. The van der Waals surface area contributed by atoms with E-state index < -0.39 is 35.8 Å². The molecule has 9 nitrogen and oxygen atoms in total. The maximum Gasteiger partial charge on any atom is 0.330 e. The highest BCUT2D eigenvalue weighted by molar-refractivity contribution is 6.27. The van der Waals surface area contributed by atoms with Crippen LogP contribution in [-0.2, 0) is 25.5 Å². The number of barbiturate groups is 1. The van der Waals surface area contributed by atoms with Crippen molar-refractivity contribution in [2.75, 3.05) is 7.11 Å². The quantitative estimate of drug-likeness (QED) is 0.390. The minimum atomic E-state index is -1.27. The van der Waals surface area contributed by atoms with Gasteiger partial charge in [0.15, 0.2) is 12.0 Å². The Morgan fingerprint density at radius 3 is 2.50 bits per heavy atom. The van der Waals surface area contributed by atoms with Crippen LogP contribution in [-0.4, -0.2) is 47.7 Å². The van der Waals surface area contributed by atoms with Crippen LogP contribution in [0.25, 0.3) is 10.9 Å². The first-order chi connectivity index (χ1) is 13.4. The first-order valence-corrected chi connectivity index (χ1v) is 8.79. The van der Waals surface area contributed by atoms with Crippen LogP contribution in [0.4, 0.5) is 4.79 Å². The molecule has 0 bridgehead atoms. The average Bonchev–Trinajstić information content (AvgIpc) is 3.08. The lowest BCUT2D eigenvalue weighted by molar-refractivity contribution is -0.142. The van der Waals surface area contributed by atoms with Crippen LogP contribution in [0, 0.1) is 5.92 Å². The number of ether oxygens (including phenoxy) is 1. The van der Waals surface area contributed by atoms with E-state index in [4.69, 9.17) is 4.74 Å². The number of imide groups is 2. The largest absolute Gasteiger partial charge is 0.467 e. The predicted molar refractivity (Wildman–Crippen MR) is 101 cm³/mol. The van der Waals surface area contributed by atoms with E-state index in [1.807, 2.05) is 34.9 Å². The number of urea groups is 1. The summed E-state index contributed by atoms with van der Waals surface area (Å²) in [5.41, 5.74) is 1.99. The van der Waals surface area contributed by atoms with Gasteiger partial charge in [0.25, 0.3) is 0 Å². The van der Waals surface area contributed by atoms with Crippen molar-refractivity contribution in [3.8, 4) is 0 Å². The summed E-state index contributed by atoms with van der Waals surface area (Å²) < 4.78 is 4.87. The van der Waals surface area contributed by atoms with Crippen LogP contribution in [0.15, 0.2) is 35.5 Å².